The molecule has 1 fully saturated rings. The molecule has 1 aromatic carbocycles. The Morgan fingerprint density at radius 1 is 1.06 bits per heavy atom. The van der Waals surface area contributed by atoms with Crippen molar-refractivity contribution in [2.45, 2.75) is 52.0 Å². The summed E-state index contributed by atoms with van der Waals surface area (Å²) in [5.41, 5.74) is 0.689. The van der Waals surface area contributed by atoms with Gasteiger partial charge in [0.1, 0.15) is 0 Å². The number of carbonyl (C=O) groups is 2. The number of benzene rings is 1. The van der Waals surface area contributed by atoms with Gasteiger partial charge in [-0.2, -0.15) is 0 Å². The Labute approximate surface area is 200 Å². The summed E-state index contributed by atoms with van der Waals surface area (Å²) in [4.78, 5) is 44.3. The van der Waals surface area contributed by atoms with Crippen molar-refractivity contribution in [1.29, 1.82) is 0 Å². The first-order valence-corrected chi connectivity index (χ1v) is 12.4. The first-order chi connectivity index (χ1) is 16.0. The molecule has 0 spiro atoms. The molecule has 0 unspecified atom stereocenters. The van der Waals surface area contributed by atoms with E-state index < -0.39 is 0 Å². The molecule has 180 valence electrons. The average molecular weight is 474 g/mol. The first kappa shape index (κ1) is 25.1. The van der Waals surface area contributed by atoms with Crippen LogP contribution in [0.3, 0.4) is 0 Å². The molecule has 2 N–H and O–H groups in total. The third kappa shape index (κ3) is 7.23. The van der Waals surface area contributed by atoms with Gasteiger partial charge in [0.2, 0.25) is 11.8 Å². The normalized spacial score (nSPS) is 14.5. The summed E-state index contributed by atoms with van der Waals surface area (Å²) in [5, 5.41) is 3.58. The number of aromatic amines is 1. The number of H-pyrrole nitrogens is 1. The molecular formula is C24H35N5O3S. The van der Waals surface area contributed by atoms with Gasteiger partial charge >= 0.3 is 0 Å². The lowest BCUT2D eigenvalue weighted by Gasteiger charge is -2.34. The van der Waals surface area contributed by atoms with Crippen LogP contribution < -0.4 is 10.9 Å². The minimum atomic E-state index is -0.0673. The Morgan fingerprint density at radius 2 is 1.82 bits per heavy atom. The Hall–Kier alpha value is -2.52. The molecule has 1 aromatic heterocycles. The van der Waals surface area contributed by atoms with E-state index >= 15 is 0 Å². The highest BCUT2D eigenvalue weighted by atomic mass is 32.1. The van der Waals surface area contributed by atoms with Crippen molar-refractivity contribution in [2.24, 2.45) is 0 Å². The summed E-state index contributed by atoms with van der Waals surface area (Å²) < 4.78 is 2.04. The number of piperazine rings is 1. The van der Waals surface area contributed by atoms with E-state index in [1.165, 1.54) is 0 Å². The van der Waals surface area contributed by atoms with E-state index in [9.17, 15) is 14.4 Å². The van der Waals surface area contributed by atoms with Crippen LogP contribution in [0.25, 0.3) is 10.9 Å². The summed E-state index contributed by atoms with van der Waals surface area (Å²) in [6.45, 7) is 6.59. The fourth-order valence-electron chi connectivity index (χ4n) is 4.10. The van der Waals surface area contributed by atoms with Gasteiger partial charge in [-0.05, 0) is 43.6 Å². The number of aromatic nitrogens is 2. The van der Waals surface area contributed by atoms with Crippen LogP contribution in [0, 0.1) is 4.77 Å². The van der Waals surface area contributed by atoms with Gasteiger partial charge in [0.05, 0.1) is 17.4 Å². The molecule has 1 aliphatic heterocycles. The lowest BCUT2D eigenvalue weighted by molar-refractivity contribution is -0.133. The zero-order chi connectivity index (χ0) is 23.6. The van der Waals surface area contributed by atoms with E-state index in [0.29, 0.717) is 42.8 Å². The van der Waals surface area contributed by atoms with Gasteiger partial charge in [0.15, 0.2) is 4.77 Å². The standard InChI is InChI=1S/C24H35N5O3S/c1-2-3-12-25-21(30)18-27-14-16-28(17-15-27)22(31)11-5-4-8-13-29-23(32)19-9-6-7-10-20(19)26-24(29)33/h6-7,9-10H,2-5,8,11-18H2,1H3,(H,25,30)(H,26,33). The number of nitrogens with zero attached hydrogens (tertiary/aromatic N) is 3. The second-order valence-corrected chi connectivity index (χ2v) is 8.99. The smallest absolute Gasteiger partial charge is 0.262 e. The number of amides is 2. The van der Waals surface area contributed by atoms with Gasteiger partial charge < -0.3 is 15.2 Å². The molecule has 9 heteroatoms. The lowest BCUT2D eigenvalue weighted by Crippen LogP contribution is -2.51. The van der Waals surface area contributed by atoms with Gasteiger partial charge in [-0.1, -0.05) is 31.9 Å². The predicted molar refractivity (Wildman–Crippen MR) is 133 cm³/mol. The highest BCUT2D eigenvalue weighted by Crippen LogP contribution is 2.10. The second-order valence-electron chi connectivity index (χ2n) is 8.60. The molecule has 0 radical (unpaired) electrons. The van der Waals surface area contributed by atoms with E-state index in [-0.39, 0.29) is 17.4 Å². The molecule has 8 nitrogen and oxygen atoms in total. The first-order valence-electron chi connectivity index (χ1n) is 12.0. The molecule has 0 aliphatic carbocycles. The number of rotatable bonds is 11. The molecule has 0 saturated carbocycles. The summed E-state index contributed by atoms with van der Waals surface area (Å²) in [7, 11) is 0. The summed E-state index contributed by atoms with van der Waals surface area (Å²) >= 11 is 5.35. The zero-order valence-corrected chi connectivity index (χ0v) is 20.3. The molecule has 1 aliphatic rings. The molecule has 0 atom stereocenters. The van der Waals surface area contributed by atoms with Crippen molar-refractivity contribution in [3.05, 3.63) is 39.4 Å². The van der Waals surface area contributed by atoms with Gasteiger partial charge in [-0.15, -0.1) is 0 Å². The fourth-order valence-corrected chi connectivity index (χ4v) is 4.39. The van der Waals surface area contributed by atoms with Crippen molar-refractivity contribution in [1.82, 2.24) is 24.7 Å². The summed E-state index contributed by atoms with van der Waals surface area (Å²) in [6.07, 6.45) is 5.02. The Bertz CT molecular complexity index is 1060. The fraction of sp³-hybridized carbons (Fsp3) is 0.583. The third-order valence-electron chi connectivity index (χ3n) is 6.11. The van der Waals surface area contributed by atoms with E-state index in [4.69, 9.17) is 12.2 Å². The molecule has 33 heavy (non-hydrogen) atoms. The Kier molecular flexibility index (Phi) is 9.62. The maximum Gasteiger partial charge on any atom is 0.262 e. The van der Waals surface area contributed by atoms with Crippen LogP contribution in [0.2, 0.25) is 0 Å². The van der Waals surface area contributed by atoms with Gasteiger partial charge in [-0.25, -0.2) is 0 Å². The molecule has 2 amide bonds. The Balaban J connectivity index is 1.35. The highest BCUT2D eigenvalue weighted by molar-refractivity contribution is 7.71. The number of hydrogen-bond acceptors (Lipinski definition) is 5. The van der Waals surface area contributed by atoms with Crippen molar-refractivity contribution in [3.63, 3.8) is 0 Å². The van der Waals surface area contributed by atoms with Crippen molar-refractivity contribution in [3.8, 4) is 0 Å². The topological polar surface area (TPSA) is 90.4 Å². The van der Waals surface area contributed by atoms with Crippen LogP contribution in [0.5, 0.6) is 0 Å². The van der Waals surface area contributed by atoms with Gasteiger partial charge in [0, 0.05) is 45.7 Å². The Morgan fingerprint density at radius 3 is 2.58 bits per heavy atom. The van der Waals surface area contributed by atoms with Crippen molar-refractivity contribution < 1.29 is 9.59 Å². The van der Waals surface area contributed by atoms with E-state index in [2.05, 4.69) is 22.1 Å². The van der Waals surface area contributed by atoms with Crippen molar-refractivity contribution in [2.75, 3.05) is 39.3 Å². The van der Waals surface area contributed by atoms with E-state index in [1.807, 2.05) is 23.1 Å². The molecule has 2 heterocycles. The van der Waals surface area contributed by atoms with E-state index in [0.717, 1.165) is 57.3 Å². The van der Waals surface area contributed by atoms with E-state index in [1.54, 1.807) is 10.6 Å². The minimum Gasteiger partial charge on any atom is -0.355 e. The summed E-state index contributed by atoms with van der Waals surface area (Å²) in [5.74, 6) is 0.232. The molecular weight excluding hydrogens is 438 g/mol. The number of para-hydroxylation sites is 1. The number of unbranched alkanes of at least 4 members (excludes halogenated alkanes) is 3. The maximum atomic E-state index is 12.7. The zero-order valence-electron chi connectivity index (χ0n) is 19.5. The molecule has 1 saturated heterocycles. The van der Waals surface area contributed by atoms with Gasteiger partial charge in [0.25, 0.3) is 5.56 Å². The quantitative estimate of drug-likeness (QED) is 0.387. The third-order valence-corrected chi connectivity index (χ3v) is 6.43. The predicted octanol–water partition coefficient (Wildman–Crippen LogP) is 2.68. The largest absolute Gasteiger partial charge is 0.355 e. The number of carbonyl (C=O) groups excluding carboxylic acids is 2. The van der Waals surface area contributed by atoms with Crippen molar-refractivity contribution >= 4 is 34.9 Å². The monoisotopic (exact) mass is 473 g/mol. The molecule has 0 bridgehead atoms. The van der Waals surface area contributed by atoms with Gasteiger partial charge in [-0.3, -0.25) is 23.9 Å². The average Bonchev–Trinajstić information content (AvgIpc) is 2.81. The van der Waals surface area contributed by atoms with Crippen LogP contribution in [0.4, 0.5) is 0 Å². The second kappa shape index (κ2) is 12.6. The molecule has 3 rings (SSSR count). The maximum absolute atomic E-state index is 12.7. The van der Waals surface area contributed by atoms with Crippen LogP contribution >= 0.6 is 12.2 Å². The highest BCUT2D eigenvalue weighted by Gasteiger charge is 2.21. The molecule has 2 aromatic rings. The number of fused-ring (bicyclic) bond motifs is 1. The lowest BCUT2D eigenvalue weighted by atomic mass is 10.1. The minimum absolute atomic E-state index is 0.0635. The summed E-state index contributed by atoms with van der Waals surface area (Å²) in [6, 6.07) is 7.37. The number of hydrogen-bond donors (Lipinski definition) is 2. The van der Waals surface area contributed by atoms with Crippen LogP contribution in [0.1, 0.15) is 45.4 Å². The van der Waals surface area contributed by atoms with Crippen LogP contribution in [-0.2, 0) is 16.1 Å². The number of nitrogens with one attached hydrogen (secondary N) is 2. The SMILES string of the molecule is CCCCNC(=O)CN1CCN(C(=O)CCCCCn2c(=S)[nH]c3ccccc3c2=O)CC1. The van der Waals surface area contributed by atoms with Crippen LogP contribution in [0.15, 0.2) is 29.1 Å². The van der Waals surface area contributed by atoms with Crippen LogP contribution in [-0.4, -0.2) is 70.4 Å².